The monoisotopic (exact) mass is 317 g/mol. The summed E-state index contributed by atoms with van der Waals surface area (Å²) in [6.45, 7) is 5.33. The highest BCUT2D eigenvalue weighted by molar-refractivity contribution is 5.74. The molecule has 0 spiro atoms. The first-order chi connectivity index (χ1) is 11.0. The van der Waals surface area contributed by atoms with Gasteiger partial charge in [0, 0.05) is 25.7 Å². The zero-order valence-corrected chi connectivity index (χ0v) is 13.8. The summed E-state index contributed by atoms with van der Waals surface area (Å²) in [6, 6.07) is -0.0242. The molecule has 0 saturated heterocycles. The average Bonchev–Trinajstić information content (AvgIpc) is 3.06. The van der Waals surface area contributed by atoms with Gasteiger partial charge >= 0.3 is 6.03 Å². The molecule has 1 unspecified atom stereocenters. The van der Waals surface area contributed by atoms with Gasteiger partial charge in [0.1, 0.15) is 12.2 Å². The van der Waals surface area contributed by atoms with Gasteiger partial charge in [-0.15, -0.1) is 0 Å². The molecule has 0 aromatic carbocycles. The summed E-state index contributed by atoms with van der Waals surface area (Å²) < 4.78 is 3.74. The van der Waals surface area contributed by atoms with Crippen molar-refractivity contribution >= 4 is 6.03 Å². The van der Waals surface area contributed by atoms with E-state index in [-0.39, 0.29) is 12.1 Å². The lowest BCUT2D eigenvalue weighted by atomic mass is 10.1. The molecule has 1 atom stereocenters. The summed E-state index contributed by atoms with van der Waals surface area (Å²) in [6.07, 6.45) is 4.10. The number of urea groups is 1. The van der Waals surface area contributed by atoms with Crippen LogP contribution in [0.25, 0.3) is 0 Å². The fourth-order valence-electron chi connectivity index (χ4n) is 3.07. The third kappa shape index (κ3) is 3.35. The van der Waals surface area contributed by atoms with Crippen molar-refractivity contribution in [2.75, 3.05) is 6.54 Å². The van der Waals surface area contributed by atoms with Crippen molar-refractivity contribution in [3.63, 3.8) is 0 Å². The smallest absolute Gasteiger partial charge is 0.315 e. The molecule has 0 aliphatic carbocycles. The van der Waals surface area contributed by atoms with Gasteiger partial charge in [0.05, 0.1) is 18.3 Å². The van der Waals surface area contributed by atoms with E-state index in [4.69, 9.17) is 0 Å². The van der Waals surface area contributed by atoms with Gasteiger partial charge in [-0.1, -0.05) is 0 Å². The lowest BCUT2D eigenvalue weighted by Gasteiger charge is -2.23. The molecule has 8 heteroatoms. The number of carbonyl (C=O) groups excluding carboxylic acids is 1. The minimum atomic E-state index is -0.127. The Morgan fingerprint density at radius 1 is 1.43 bits per heavy atom. The Balaban J connectivity index is 1.45. The topological polar surface area (TPSA) is 89.7 Å². The number of amides is 2. The number of carbonyl (C=O) groups is 1. The summed E-state index contributed by atoms with van der Waals surface area (Å²) in [4.78, 5) is 16.2. The number of nitrogens with zero attached hydrogens (tertiary/aromatic N) is 5. The molecule has 2 aromatic rings. The van der Waals surface area contributed by atoms with E-state index in [2.05, 4.69) is 25.8 Å². The van der Waals surface area contributed by atoms with Crippen LogP contribution in [0.4, 0.5) is 4.79 Å². The van der Waals surface area contributed by atoms with Crippen molar-refractivity contribution in [2.45, 2.75) is 45.7 Å². The maximum Gasteiger partial charge on any atom is 0.315 e. The van der Waals surface area contributed by atoms with E-state index >= 15 is 0 Å². The highest BCUT2D eigenvalue weighted by atomic mass is 16.2. The number of aryl methyl sites for hydroxylation is 3. The normalized spacial score (nSPS) is 16.9. The minimum absolute atomic E-state index is 0.103. The van der Waals surface area contributed by atoms with Gasteiger partial charge in [-0.25, -0.2) is 14.5 Å². The SMILES string of the molecule is Cc1nn(C)c(C)c1CCNC(=O)NC1CCc2ncnn2C1. The van der Waals surface area contributed by atoms with Gasteiger partial charge < -0.3 is 10.6 Å². The first-order valence-electron chi connectivity index (χ1n) is 7.94. The molecule has 3 rings (SSSR count). The third-order valence-electron chi connectivity index (χ3n) is 4.46. The quantitative estimate of drug-likeness (QED) is 0.858. The number of aromatic nitrogens is 5. The first kappa shape index (κ1) is 15.5. The Kier molecular flexibility index (Phi) is 4.31. The summed E-state index contributed by atoms with van der Waals surface area (Å²) in [7, 11) is 1.94. The molecule has 23 heavy (non-hydrogen) atoms. The molecule has 2 N–H and O–H groups in total. The van der Waals surface area contributed by atoms with E-state index in [1.165, 1.54) is 5.56 Å². The molecule has 2 aromatic heterocycles. The average molecular weight is 317 g/mol. The van der Waals surface area contributed by atoms with Crippen molar-refractivity contribution in [2.24, 2.45) is 7.05 Å². The van der Waals surface area contributed by atoms with Gasteiger partial charge in [-0.2, -0.15) is 10.2 Å². The van der Waals surface area contributed by atoms with E-state index in [0.29, 0.717) is 13.1 Å². The second kappa shape index (κ2) is 6.39. The van der Waals surface area contributed by atoms with E-state index in [1.807, 2.05) is 30.3 Å². The highest BCUT2D eigenvalue weighted by Crippen LogP contribution is 2.12. The molecule has 124 valence electrons. The van der Waals surface area contributed by atoms with E-state index in [9.17, 15) is 4.79 Å². The Morgan fingerprint density at radius 3 is 3.00 bits per heavy atom. The van der Waals surface area contributed by atoms with Crippen LogP contribution < -0.4 is 10.6 Å². The zero-order chi connectivity index (χ0) is 16.4. The van der Waals surface area contributed by atoms with Crippen molar-refractivity contribution in [1.82, 2.24) is 35.2 Å². The highest BCUT2D eigenvalue weighted by Gasteiger charge is 2.21. The molecule has 8 nitrogen and oxygen atoms in total. The molecule has 0 fully saturated rings. The van der Waals surface area contributed by atoms with Crippen LogP contribution in [0.1, 0.15) is 29.2 Å². The lowest BCUT2D eigenvalue weighted by Crippen LogP contribution is -2.46. The Bertz CT molecular complexity index is 703. The number of rotatable bonds is 4. The Labute approximate surface area is 135 Å². The number of fused-ring (bicyclic) bond motifs is 1. The molecule has 0 radical (unpaired) electrons. The maximum atomic E-state index is 12.0. The van der Waals surface area contributed by atoms with Crippen LogP contribution in [-0.4, -0.2) is 43.2 Å². The number of nitrogens with one attached hydrogen (secondary N) is 2. The molecular weight excluding hydrogens is 294 g/mol. The zero-order valence-electron chi connectivity index (χ0n) is 13.8. The molecule has 0 saturated carbocycles. The van der Waals surface area contributed by atoms with Crippen LogP contribution in [0, 0.1) is 13.8 Å². The van der Waals surface area contributed by atoms with Crippen LogP contribution in [0.3, 0.4) is 0 Å². The second-order valence-corrected chi connectivity index (χ2v) is 6.02. The number of hydrogen-bond acceptors (Lipinski definition) is 4. The van der Waals surface area contributed by atoms with E-state index in [1.54, 1.807) is 6.33 Å². The minimum Gasteiger partial charge on any atom is -0.338 e. The fraction of sp³-hybridized carbons (Fsp3) is 0.600. The second-order valence-electron chi connectivity index (χ2n) is 6.02. The van der Waals surface area contributed by atoms with Crippen LogP contribution >= 0.6 is 0 Å². The van der Waals surface area contributed by atoms with E-state index in [0.717, 1.165) is 36.5 Å². The predicted octanol–water partition coefficient (Wildman–Crippen LogP) is 0.485. The molecule has 0 bridgehead atoms. The van der Waals surface area contributed by atoms with Crippen molar-refractivity contribution in [3.8, 4) is 0 Å². The third-order valence-corrected chi connectivity index (χ3v) is 4.46. The lowest BCUT2D eigenvalue weighted by molar-refractivity contribution is 0.232. The van der Waals surface area contributed by atoms with E-state index < -0.39 is 0 Å². The summed E-state index contributed by atoms with van der Waals surface area (Å²) in [5, 5.41) is 14.5. The molecule has 1 aliphatic rings. The van der Waals surface area contributed by atoms with Gasteiger partial charge in [0.2, 0.25) is 0 Å². The van der Waals surface area contributed by atoms with Crippen LogP contribution in [-0.2, 0) is 26.4 Å². The molecular formula is C15H23N7O. The Hall–Kier alpha value is -2.38. The maximum absolute atomic E-state index is 12.0. The van der Waals surface area contributed by atoms with Gasteiger partial charge in [0.25, 0.3) is 0 Å². The van der Waals surface area contributed by atoms with Crippen LogP contribution in [0.2, 0.25) is 0 Å². The molecule has 2 amide bonds. The molecule has 3 heterocycles. The van der Waals surface area contributed by atoms with Crippen molar-refractivity contribution in [1.29, 1.82) is 0 Å². The van der Waals surface area contributed by atoms with Crippen molar-refractivity contribution < 1.29 is 4.79 Å². The molecule has 1 aliphatic heterocycles. The summed E-state index contributed by atoms with van der Waals surface area (Å²) >= 11 is 0. The van der Waals surface area contributed by atoms with Gasteiger partial charge in [-0.05, 0) is 32.3 Å². The summed E-state index contributed by atoms with van der Waals surface area (Å²) in [5.41, 5.74) is 3.38. The largest absolute Gasteiger partial charge is 0.338 e. The van der Waals surface area contributed by atoms with Crippen LogP contribution in [0.15, 0.2) is 6.33 Å². The van der Waals surface area contributed by atoms with Gasteiger partial charge in [-0.3, -0.25) is 4.68 Å². The van der Waals surface area contributed by atoms with Crippen molar-refractivity contribution in [3.05, 3.63) is 29.1 Å². The Morgan fingerprint density at radius 2 is 2.26 bits per heavy atom. The number of hydrogen-bond donors (Lipinski definition) is 2. The fourth-order valence-corrected chi connectivity index (χ4v) is 3.07. The predicted molar refractivity (Wildman–Crippen MR) is 85.1 cm³/mol. The first-order valence-corrected chi connectivity index (χ1v) is 7.94. The summed E-state index contributed by atoms with van der Waals surface area (Å²) in [5.74, 6) is 0.992. The standard InChI is InChI=1S/C15H23N7O/c1-10-13(11(2)21(3)20-10)6-7-16-15(23)19-12-4-5-14-17-9-18-22(14)8-12/h9,12H,4-8H2,1-3H3,(H2,16,19,23). The van der Waals surface area contributed by atoms with Gasteiger partial charge in [0.15, 0.2) is 0 Å². The van der Waals surface area contributed by atoms with Crippen LogP contribution in [0.5, 0.6) is 0 Å².